The van der Waals surface area contributed by atoms with Crippen LogP contribution < -0.4 is 5.32 Å². The van der Waals surface area contributed by atoms with Crippen molar-refractivity contribution >= 4 is 17.3 Å². The lowest BCUT2D eigenvalue weighted by molar-refractivity contribution is -0.125. The lowest BCUT2D eigenvalue weighted by atomic mass is 10.1. The van der Waals surface area contributed by atoms with Crippen LogP contribution in [0.2, 0.25) is 0 Å². The standard InChI is InChI=1S/C19H17N5O2/c1-13-8-10-24(22-13)17-7-3-2-6-15(17)21-19(25)18-11-16(23-26-18)14-5-4-9-20-12-14/h2-10,12,18H,11H2,1H3,(H,21,25). The quantitative estimate of drug-likeness (QED) is 0.787. The van der Waals surface area contributed by atoms with E-state index < -0.39 is 6.10 Å². The van der Waals surface area contributed by atoms with Gasteiger partial charge in [-0.25, -0.2) is 4.68 Å². The molecule has 1 aliphatic heterocycles. The number of carbonyl (C=O) groups is 1. The second-order valence-electron chi connectivity index (χ2n) is 5.99. The highest BCUT2D eigenvalue weighted by Gasteiger charge is 2.29. The maximum absolute atomic E-state index is 12.6. The summed E-state index contributed by atoms with van der Waals surface area (Å²) in [6, 6.07) is 13.1. The number of aromatic nitrogens is 3. The van der Waals surface area contributed by atoms with E-state index in [2.05, 4.69) is 20.6 Å². The Balaban J connectivity index is 1.48. The normalized spacial score (nSPS) is 16.0. The maximum atomic E-state index is 12.6. The molecule has 4 rings (SSSR count). The van der Waals surface area contributed by atoms with Crippen LogP contribution in [0.4, 0.5) is 5.69 Å². The van der Waals surface area contributed by atoms with E-state index in [1.807, 2.05) is 55.6 Å². The smallest absolute Gasteiger partial charge is 0.268 e. The summed E-state index contributed by atoms with van der Waals surface area (Å²) in [4.78, 5) is 22.0. The minimum absolute atomic E-state index is 0.246. The number of carbonyl (C=O) groups excluding carboxylic acids is 1. The van der Waals surface area contributed by atoms with Crippen molar-refractivity contribution in [3.63, 3.8) is 0 Å². The molecule has 0 spiro atoms. The van der Waals surface area contributed by atoms with Gasteiger partial charge in [0.1, 0.15) is 0 Å². The Labute approximate surface area is 150 Å². The molecule has 0 bridgehead atoms. The lowest BCUT2D eigenvalue weighted by Crippen LogP contribution is -2.28. The Morgan fingerprint density at radius 2 is 2.12 bits per heavy atom. The maximum Gasteiger partial charge on any atom is 0.268 e. The number of pyridine rings is 1. The Kier molecular flexibility index (Phi) is 4.18. The van der Waals surface area contributed by atoms with Gasteiger partial charge in [0, 0.05) is 30.6 Å². The van der Waals surface area contributed by atoms with Gasteiger partial charge in [-0.15, -0.1) is 0 Å². The van der Waals surface area contributed by atoms with Crippen molar-refractivity contribution < 1.29 is 9.63 Å². The van der Waals surface area contributed by atoms with Gasteiger partial charge in [-0.3, -0.25) is 9.78 Å². The molecule has 2 aromatic heterocycles. The number of rotatable bonds is 4. The summed E-state index contributed by atoms with van der Waals surface area (Å²) < 4.78 is 1.73. The first-order valence-corrected chi connectivity index (χ1v) is 8.26. The van der Waals surface area contributed by atoms with E-state index in [1.165, 1.54) is 0 Å². The van der Waals surface area contributed by atoms with Crippen LogP contribution in [0, 0.1) is 6.92 Å². The van der Waals surface area contributed by atoms with Gasteiger partial charge < -0.3 is 10.2 Å². The van der Waals surface area contributed by atoms with E-state index in [0.717, 1.165) is 16.9 Å². The molecule has 7 nitrogen and oxygen atoms in total. The van der Waals surface area contributed by atoms with E-state index in [1.54, 1.807) is 17.1 Å². The molecule has 1 atom stereocenters. The summed E-state index contributed by atoms with van der Waals surface area (Å²) in [6.45, 7) is 1.92. The average Bonchev–Trinajstić information content (AvgIpc) is 3.32. The number of oxime groups is 1. The first-order valence-electron chi connectivity index (χ1n) is 8.26. The minimum Gasteiger partial charge on any atom is -0.382 e. The third-order valence-electron chi connectivity index (χ3n) is 4.09. The summed E-state index contributed by atoms with van der Waals surface area (Å²) in [6.07, 6.45) is 4.99. The molecule has 7 heteroatoms. The molecular formula is C19H17N5O2. The number of nitrogens with zero attached hydrogens (tertiary/aromatic N) is 4. The van der Waals surface area contributed by atoms with Gasteiger partial charge in [-0.2, -0.15) is 5.10 Å². The van der Waals surface area contributed by atoms with Gasteiger partial charge >= 0.3 is 0 Å². The Hall–Kier alpha value is -3.48. The van der Waals surface area contributed by atoms with Gasteiger partial charge in [0.15, 0.2) is 0 Å². The largest absolute Gasteiger partial charge is 0.382 e. The molecule has 1 aromatic carbocycles. The van der Waals surface area contributed by atoms with Crippen molar-refractivity contribution in [3.8, 4) is 5.69 Å². The van der Waals surface area contributed by atoms with Gasteiger partial charge in [-0.05, 0) is 37.3 Å². The molecule has 1 unspecified atom stereocenters. The fourth-order valence-electron chi connectivity index (χ4n) is 2.76. The number of hydrogen-bond acceptors (Lipinski definition) is 5. The average molecular weight is 347 g/mol. The van der Waals surface area contributed by atoms with Crippen molar-refractivity contribution in [1.82, 2.24) is 14.8 Å². The Morgan fingerprint density at radius 1 is 1.23 bits per heavy atom. The third-order valence-corrected chi connectivity index (χ3v) is 4.09. The third kappa shape index (κ3) is 3.19. The number of aryl methyl sites for hydroxylation is 1. The van der Waals surface area contributed by atoms with Gasteiger partial charge in [0.2, 0.25) is 6.10 Å². The second-order valence-corrected chi connectivity index (χ2v) is 5.99. The number of amides is 1. The molecule has 0 aliphatic carbocycles. The van der Waals surface area contributed by atoms with Gasteiger partial charge in [-0.1, -0.05) is 17.3 Å². The topological polar surface area (TPSA) is 81.4 Å². The monoisotopic (exact) mass is 347 g/mol. The van der Waals surface area contributed by atoms with Crippen molar-refractivity contribution in [2.75, 3.05) is 5.32 Å². The molecule has 1 N–H and O–H groups in total. The van der Waals surface area contributed by atoms with E-state index >= 15 is 0 Å². The van der Waals surface area contributed by atoms with Gasteiger partial charge in [0.05, 0.1) is 22.8 Å². The fourth-order valence-corrected chi connectivity index (χ4v) is 2.76. The van der Waals surface area contributed by atoms with Crippen LogP contribution in [0.15, 0.2) is 66.2 Å². The first-order chi connectivity index (χ1) is 12.7. The van der Waals surface area contributed by atoms with Crippen LogP contribution >= 0.6 is 0 Å². The zero-order valence-electron chi connectivity index (χ0n) is 14.2. The summed E-state index contributed by atoms with van der Waals surface area (Å²) in [7, 11) is 0. The molecule has 26 heavy (non-hydrogen) atoms. The predicted molar refractivity (Wildman–Crippen MR) is 97.2 cm³/mol. The summed E-state index contributed by atoms with van der Waals surface area (Å²) >= 11 is 0. The second kappa shape index (κ2) is 6.79. The van der Waals surface area contributed by atoms with E-state index in [0.29, 0.717) is 17.8 Å². The van der Waals surface area contributed by atoms with Crippen molar-refractivity contribution in [3.05, 3.63) is 72.3 Å². The van der Waals surface area contributed by atoms with Crippen LogP contribution in [0.5, 0.6) is 0 Å². The molecule has 3 heterocycles. The molecule has 1 amide bonds. The van der Waals surface area contributed by atoms with Crippen molar-refractivity contribution in [1.29, 1.82) is 0 Å². The Bertz CT molecular complexity index is 965. The number of nitrogens with one attached hydrogen (secondary N) is 1. The highest BCUT2D eigenvalue weighted by Crippen LogP contribution is 2.22. The van der Waals surface area contributed by atoms with Gasteiger partial charge in [0.25, 0.3) is 5.91 Å². The summed E-state index contributed by atoms with van der Waals surface area (Å²) in [5.41, 5.74) is 3.93. The molecule has 0 fully saturated rings. The van der Waals surface area contributed by atoms with E-state index in [4.69, 9.17) is 4.84 Å². The minimum atomic E-state index is -0.669. The highest BCUT2D eigenvalue weighted by molar-refractivity contribution is 6.06. The van der Waals surface area contributed by atoms with E-state index in [-0.39, 0.29) is 5.91 Å². The number of para-hydroxylation sites is 2. The number of hydrogen-bond donors (Lipinski definition) is 1. The van der Waals surface area contributed by atoms with Crippen LogP contribution in [0.25, 0.3) is 5.69 Å². The highest BCUT2D eigenvalue weighted by atomic mass is 16.6. The van der Waals surface area contributed by atoms with Crippen LogP contribution in [0.3, 0.4) is 0 Å². The lowest BCUT2D eigenvalue weighted by Gasteiger charge is -2.13. The molecule has 0 saturated carbocycles. The first kappa shape index (κ1) is 16.0. The molecule has 3 aromatic rings. The Morgan fingerprint density at radius 3 is 2.88 bits per heavy atom. The zero-order chi connectivity index (χ0) is 17.9. The summed E-state index contributed by atoms with van der Waals surface area (Å²) in [5.74, 6) is -0.246. The number of benzene rings is 1. The van der Waals surface area contributed by atoms with Crippen molar-refractivity contribution in [2.45, 2.75) is 19.4 Å². The van der Waals surface area contributed by atoms with Crippen molar-refractivity contribution in [2.24, 2.45) is 5.16 Å². The van der Waals surface area contributed by atoms with Crippen LogP contribution in [0.1, 0.15) is 17.7 Å². The number of anilines is 1. The fraction of sp³-hybridized carbons (Fsp3) is 0.158. The molecule has 130 valence electrons. The zero-order valence-corrected chi connectivity index (χ0v) is 14.2. The van der Waals surface area contributed by atoms with E-state index in [9.17, 15) is 4.79 Å². The predicted octanol–water partition coefficient (Wildman–Crippen LogP) is 2.71. The molecule has 0 saturated heterocycles. The van der Waals surface area contributed by atoms with Crippen LogP contribution in [-0.2, 0) is 9.63 Å². The summed E-state index contributed by atoms with van der Waals surface area (Å²) in [5, 5.41) is 11.4. The SMILES string of the molecule is Cc1ccn(-c2ccccc2NC(=O)C2CC(c3cccnc3)=NO2)n1. The molecule has 0 radical (unpaired) electrons. The molecule has 1 aliphatic rings. The molecular weight excluding hydrogens is 330 g/mol. The van der Waals surface area contributed by atoms with Crippen LogP contribution in [-0.4, -0.2) is 32.5 Å².